The van der Waals surface area contributed by atoms with E-state index in [1.807, 2.05) is 49.5 Å². The van der Waals surface area contributed by atoms with Crippen LogP contribution in [0.3, 0.4) is 0 Å². The zero-order valence-corrected chi connectivity index (χ0v) is 18.7. The largest absolute Gasteiger partial charge is 0.497 e. The molecule has 0 aliphatic carbocycles. The maximum absolute atomic E-state index is 12.6. The van der Waals surface area contributed by atoms with Crippen molar-refractivity contribution in [1.29, 1.82) is 0 Å². The quantitative estimate of drug-likeness (QED) is 0.486. The monoisotopic (exact) mass is 442 g/mol. The molecule has 1 aliphatic heterocycles. The summed E-state index contributed by atoms with van der Waals surface area (Å²) >= 11 is 0. The van der Waals surface area contributed by atoms with E-state index in [-0.39, 0.29) is 18.0 Å². The summed E-state index contributed by atoms with van der Waals surface area (Å²) in [4.78, 5) is 19.4. The Morgan fingerprint density at radius 2 is 1.91 bits per heavy atom. The molecule has 5 rings (SSSR count). The number of hydrogen-bond donors (Lipinski definition) is 1. The number of hydrogen-bond acceptors (Lipinski definition) is 6. The van der Waals surface area contributed by atoms with Gasteiger partial charge in [0.05, 0.1) is 19.6 Å². The molecule has 7 heteroatoms. The molecule has 1 saturated heterocycles. The number of likely N-dealkylation sites (tertiary alicyclic amines) is 1. The second-order valence-corrected chi connectivity index (χ2v) is 8.50. The Hall–Kier alpha value is -3.71. The number of likely N-dealkylation sites (N-methyl/N-ethyl adjacent to an activating group) is 1. The standard InChI is InChI=1S/C26H26N4O3/c1-30-16-21(27-24(31)13-17-7-11-22(32-2)12-8-17)15-23(30)26-28-25(29-33-26)20-10-9-18-5-3-4-6-19(18)14-20/h3-12,14,21,23H,13,15-16H2,1-2H3,(H,27,31). The number of benzene rings is 3. The third-order valence-corrected chi connectivity index (χ3v) is 6.17. The van der Waals surface area contributed by atoms with Crippen LogP contribution in [0.25, 0.3) is 22.2 Å². The average Bonchev–Trinajstić information content (AvgIpc) is 3.45. The highest BCUT2D eigenvalue weighted by molar-refractivity contribution is 5.86. The summed E-state index contributed by atoms with van der Waals surface area (Å²) in [6.45, 7) is 0.729. The summed E-state index contributed by atoms with van der Waals surface area (Å²) in [7, 11) is 3.64. The van der Waals surface area contributed by atoms with Crippen LogP contribution in [0.4, 0.5) is 0 Å². The van der Waals surface area contributed by atoms with Gasteiger partial charge in [-0.1, -0.05) is 53.7 Å². The molecule has 2 unspecified atom stereocenters. The van der Waals surface area contributed by atoms with Gasteiger partial charge in [0, 0.05) is 18.2 Å². The van der Waals surface area contributed by atoms with Gasteiger partial charge >= 0.3 is 0 Å². The average molecular weight is 443 g/mol. The first-order chi connectivity index (χ1) is 16.1. The van der Waals surface area contributed by atoms with Gasteiger partial charge in [-0.15, -0.1) is 0 Å². The van der Waals surface area contributed by atoms with E-state index in [1.54, 1.807) is 7.11 Å². The maximum Gasteiger partial charge on any atom is 0.244 e. The number of fused-ring (bicyclic) bond motifs is 1. The van der Waals surface area contributed by atoms with Crippen LogP contribution in [0.15, 0.2) is 71.3 Å². The van der Waals surface area contributed by atoms with Crippen molar-refractivity contribution >= 4 is 16.7 Å². The predicted molar refractivity (Wildman–Crippen MR) is 126 cm³/mol. The third-order valence-electron chi connectivity index (χ3n) is 6.17. The van der Waals surface area contributed by atoms with Crippen LogP contribution < -0.4 is 10.1 Å². The maximum atomic E-state index is 12.6. The Kier molecular flexibility index (Phi) is 5.79. The van der Waals surface area contributed by atoms with Crippen molar-refractivity contribution in [3.8, 4) is 17.1 Å². The second-order valence-electron chi connectivity index (χ2n) is 8.50. The van der Waals surface area contributed by atoms with Crippen molar-refractivity contribution in [3.63, 3.8) is 0 Å². The zero-order chi connectivity index (χ0) is 22.8. The molecule has 2 atom stereocenters. The lowest BCUT2D eigenvalue weighted by Crippen LogP contribution is -2.37. The van der Waals surface area contributed by atoms with Gasteiger partial charge in [-0.2, -0.15) is 4.98 Å². The fourth-order valence-electron chi connectivity index (χ4n) is 4.42. The van der Waals surface area contributed by atoms with Gasteiger partial charge in [0.25, 0.3) is 0 Å². The van der Waals surface area contributed by atoms with Crippen LogP contribution in [0, 0.1) is 0 Å². The van der Waals surface area contributed by atoms with E-state index in [4.69, 9.17) is 9.26 Å². The fourth-order valence-corrected chi connectivity index (χ4v) is 4.42. The van der Waals surface area contributed by atoms with Gasteiger partial charge in [-0.05, 0) is 48.0 Å². The van der Waals surface area contributed by atoms with E-state index in [2.05, 4.69) is 44.6 Å². The number of amides is 1. The highest BCUT2D eigenvalue weighted by atomic mass is 16.5. The minimum absolute atomic E-state index is 0.00148. The molecule has 1 N–H and O–H groups in total. The van der Waals surface area contributed by atoms with Gasteiger partial charge in [-0.25, -0.2) is 0 Å². The van der Waals surface area contributed by atoms with Gasteiger partial charge in [0.2, 0.25) is 17.6 Å². The summed E-state index contributed by atoms with van der Waals surface area (Å²) in [5.41, 5.74) is 1.88. The van der Waals surface area contributed by atoms with Crippen LogP contribution in [-0.2, 0) is 11.2 Å². The number of methoxy groups -OCH3 is 1. The summed E-state index contributed by atoms with van der Waals surface area (Å²) in [6, 6.07) is 21.9. The normalized spacial score (nSPS) is 18.5. The molecule has 0 spiro atoms. The van der Waals surface area contributed by atoms with Crippen molar-refractivity contribution in [2.45, 2.75) is 24.9 Å². The van der Waals surface area contributed by atoms with Crippen LogP contribution in [0.1, 0.15) is 23.9 Å². The van der Waals surface area contributed by atoms with E-state index >= 15 is 0 Å². The van der Waals surface area contributed by atoms with E-state index in [0.29, 0.717) is 18.1 Å². The number of aromatic nitrogens is 2. The Morgan fingerprint density at radius 1 is 1.12 bits per heavy atom. The Bertz CT molecular complexity index is 1270. The Balaban J connectivity index is 1.23. The molecular weight excluding hydrogens is 416 g/mol. The first kappa shape index (κ1) is 21.2. The SMILES string of the molecule is COc1ccc(CC(=O)NC2CC(c3nc(-c4ccc5ccccc5c4)no3)N(C)C2)cc1. The fraction of sp³-hybridized carbons (Fsp3) is 0.269. The Morgan fingerprint density at radius 3 is 2.70 bits per heavy atom. The van der Waals surface area contributed by atoms with Gasteiger partial charge < -0.3 is 14.6 Å². The highest BCUT2D eigenvalue weighted by Crippen LogP contribution is 2.31. The molecular formula is C26H26N4O3. The molecule has 1 aliphatic rings. The second kappa shape index (κ2) is 9.03. The van der Waals surface area contributed by atoms with Crippen LogP contribution >= 0.6 is 0 Å². The highest BCUT2D eigenvalue weighted by Gasteiger charge is 2.35. The van der Waals surface area contributed by atoms with E-state index < -0.39 is 0 Å². The topological polar surface area (TPSA) is 80.5 Å². The lowest BCUT2D eigenvalue weighted by Gasteiger charge is -2.14. The molecule has 33 heavy (non-hydrogen) atoms. The lowest BCUT2D eigenvalue weighted by molar-refractivity contribution is -0.121. The number of carbonyl (C=O) groups is 1. The smallest absolute Gasteiger partial charge is 0.244 e. The first-order valence-electron chi connectivity index (χ1n) is 11.0. The molecule has 1 aromatic heterocycles. The molecule has 0 saturated carbocycles. The van der Waals surface area contributed by atoms with E-state index in [9.17, 15) is 4.79 Å². The molecule has 1 fully saturated rings. The molecule has 2 heterocycles. The molecule has 4 aromatic rings. The minimum atomic E-state index is -0.0296. The van der Waals surface area contributed by atoms with Crippen molar-refractivity contribution < 1.29 is 14.1 Å². The number of nitrogens with zero attached hydrogens (tertiary/aromatic N) is 3. The van der Waals surface area contributed by atoms with Crippen molar-refractivity contribution in [1.82, 2.24) is 20.4 Å². The summed E-state index contributed by atoms with van der Waals surface area (Å²) in [5, 5.41) is 9.67. The molecule has 3 aromatic carbocycles. The number of nitrogens with one attached hydrogen (secondary N) is 1. The van der Waals surface area contributed by atoms with Crippen LogP contribution in [0.5, 0.6) is 5.75 Å². The molecule has 7 nitrogen and oxygen atoms in total. The van der Waals surface area contributed by atoms with Gasteiger partial charge in [0.15, 0.2) is 0 Å². The number of ether oxygens (including phenoxy) is 1. The number of carbonyl (C=O) groups excluding carboxylic acids is 1. The molecule has 0 bridgehead atoms. The van der Waals surface area contributed by atoms with Crippen LogP contribution in [0.2, 0.25) is 0 Å². The van der Waals surface area contributed by atoms with Crippen LogP contribution in [-0.4, -0.2) is 47.7 Å². The summed E-state index contributed by atoms with van der Waals surface area (Å²) < 4.78 is 10.8. The van der Waals surface area contributed by atoms with Crippen molar-refractivity contribution in [2.75, 3.05) is 20.7 Å². The van der Waals surface area contributed by atoms with Crippen molar-refractivity contribution in [2.24, 2.45) is 0 Å². The first-order valence-corrected chi connectivity index (χ1v) is 11.0. The lowest BCUT2D eigenvalue weighted by atomic mass is 10.1. The minimum Gasteiger partial charge on any atom is -0.497 e. The molecule has 1 amide bonds. The third kappa shape index (κ3) is 4.59. The zero-order valence-electron chi connectivity index (χ0n) is 18.7. The van der Waals surface area contributed by atoms with E-state index in [0.717, 1.165) is 35.2 Å². The van der Waals surface area contributed by atoms with Gasteiger partial charge in [0.1, 0.15) is 5.75 Å². The predicted octanol–water partition coefficient (Wildman–Crippen LogP) is 4.00. The molecule has 0 radical (unpaired) electrons. The van der Waals surface area contributed by atoms with Crippen molar-refractivity contribution in [3.05, 3.63) is 78.2 Å². The Labute approximate surface area is 192 Å². The molecule has 168 valence electrons. The summed E-state index contributed by atoms with van der Waals surface area (Å²) in [5.74, 6) is 1.94. The van der Waals surface area contributed by atoms with E-state index in [1.165, 1.54) is 5.39 Å². The summed E-state index contributed by atoms with van der Waals surface area (Å²) in [6.07, 6.45) is 1.06. The van der Waals surface area contributed by atoms with Gasteiger partial charge in [-0.3, -0.25) is 9.69 Å². The number of rotatable bonds is 6.